The zero-order valence-electron chi connectivity index (χ0n) is 8.75. The number of aromatic nitrogens is 1. The Morgan fingerprint density at radius 2 is 2.19 bits per heavy atom. The molecule has 0 spiro atoms. The van der Waals surface area contributed by atoms with Crippen molar-refractivity contribution in [2.75, 3.05) is 13.1 Å². The van der Waals surface area contributed by atoms with Crippen molar-refractivity contribution in [2.45, 2.75) is 6.92 Å². The lowest BCUT2D eigenvalue weighted by Gasteiger charge is -2.18. The number of aromatic hydroxyl groups is 1. The van der Waals surface area contributed by atoms with E-state index in [1.54, 1.807) is 6.92 Å². The van der Waals surface area contributed by atoms with Gasteiger partial charge in [0.05, 0.1) is 0 Å². The van der Waals surface area contributed by atoms with Gasteiger partial charge >= 0.3 is 5.97 Å². The number of carboxylic acid groups (broad SMARTS) is 1. The second-order valence-corrected chi connectivity index (χ2v) is 3.08. The number of pyridine rings is 1. The van der Waals surface area contributed by atoms with Crippen molar-refractivity contribution in [3.63, 3.8) is 0 Å². The number of amides is 1. The molecule has 1 rings (SSSR count). The third-order valence-corrected chi connectivity index (χ3v) is 1.98. The molecule has 0 aliphatic heterocycles. The molecule has 0 fully saturated rings. The topological polar surface area (TPSA) is 90.7 Å². The minimum Gasteiger partial charge on any atom is -0.505 e. The second kappa shape index (κ2) is 5.11. The van der Waals surface area contributed by atoms with Crippen LogP contribution in [0.4, 0.5) is 0 Å². The van der Waals surface area contributed by atoms with E-state index in [0.717, 1.165) is 4.90 Å². The summed E-state index contributed by atoms with van der Waals surface area (Å²) in [6.07, 6.45) is 1.36. The molecule has 1 aromatic rings. The van der Waals surface area contributed by atoms with E-state index in [1.807, 2.05) is 0 Å². The number of aliphatic carboxylic acids is 1. The molecule has 1 aromatic heterocycles. The number of likely N-dealkylation sites (N-methyl/N-ethyl adjacent to an activating group) is 1. The minimum absolute atomic E-state index is 0.134. The molecule has 86 valence electrons. The summed E-state index contributed by atoms with van der Waals surface area (Å²) >= 11 is 0. The van der Waals surface area contributed by atoms with Crippen LogP contribution in [-0.4, -0.2) is 45.1 Å². The van der Waals surface area contributed by atoms with E-state index in [1.165, 1.54) is 18.3 Å². The summed E-state index contributed by atoms with van der Waals surface area (Å²) in [5, 5.41) is 18.0. The number of hydrogen-bond acceptors (Lipinski definition) is 4. The van der Waals surface area contributed by atoms with Crippen molar-refractivity contribution in [2.24, 2.45) is 0 Å². The first kappa shape index (κ1) is 12.0. The molecule has 2 N–H and O–H groups in total. The highest BCUT2D eigenvalue weighted by molar-refractivity contribution is 5.96. The van der Waals surface area contributed by atoms with Gasteiger partial charge in [0, 0.05) is 12.7 Å². The maximum absolute atomic E-state index is 11.8. The molecular formula is C10H12N2O4. The zero-order chi connectivity index (χ0) is 12.1. The fraction of sp³-hybridized carbons (Fsp3) is 0.300. The Balaban J connectivity index is 2.91. The van der Waals surface area contributed by atoms with Gasteiger partial charge in [0.1, 0.15) is 12.3 Å². The number of carbonyl (C=O) groups excluding carboxylic acids is 1. The fourth-order valence-electron chi connectivity index (χ4n) is 1.20. The molecule has 0 saturated heterocycles. The number of rotatable bonds is 4. The van der Waals surface area contributed by atoms with E-state index in [0.29, 0.717) is 0 Å². The van der Waals surface area contributed by atoms with Crippen molar-refractivity contribution in [1.82, 2.24) is 9.88 Å². The van der Waals surface area contributed by atoms with E-state index in [9.17, 15) is 14.7 Å². The van der Waals surface area contributed by atoms with Gasteiger partial charge in [-0.15, -0.1) is 0 Å². The lowest BCUT2D eigenvalue weighted by Crippen LogP contribution is -2.35. The highest BCUT2D eigenvalue weighted by Gasteiger charge is 2.20. The van der Waals surface area contributed by atoms with Crippen molar-refractivity contribution in [1.29, 1.82) is 0 Å². The van der Waals surface area contributed by atoms with Gasteiger partial charge in [-0.05, 0) is 19.1 Å². The van der Waals surface area contributed by atoms with Crippen LogP contribution in [0.3, 0.4) is 0 Å². The van der Waals surface area contributed by atoms with Crippen LogP contribution in [-0.2, 0) is 4.79 Å². The van der Waals surface area contributed by atoms with Crippen molar-refractivity contribution in [3.05, 3.63) is 24.0 Å². The Hall–Kier alpha value is -2.11. The van der Waals surface area contributed by atoms with Gasteiger partial charge in [0.2, 0.25) is 0 Å². The summed E-state index contributed by atoms with van der Waals surface area (Å²) in [4.78, 5) is 27.1. The lowest BCUT2D eigenvalue weighted by molar-refractivity contribution is -0.137. The summed E-state index contributed by atoms with van der Waals surface area (Å²) in [5.74, 6) is -1.95. The quantitative estimate of drug-likeness (QED) is 0.769. The van der Waals surface area contributed by atoms with Gasteiger partial charge in [-0.3, -0.25) is 9.59 Å². The van der Waals surface area contributed by atoms with Gasteiger partial charge in [-0.1, -0.05) is 0 Å². The molecule has 1 heterocycles. The smallest absolute Gasteiger partial charge is 0.323 e. The van der Waals surface area contributed by atoms with E-state index in [2.05, 4.69) is 4.98 Å². The molecule has 0 bridgehead atoms. The largest absolute Gasteiger partial charge is 0.505 e. The predicted octanol–water partition coefficient (Wildman–Crippen LogP) is 0.334. The summed E-state index contributed by atoms with van der Waals surface area (Å²) in [6, 6.07) is 2.81. The molecule has 0 aliphatic rings. The van der Waals surface area contributed by atoms with Gasteiger partial charge in [-0.2, -0.15) is 0 Å². The van der Waals surface area contributed by atoms with E-state index < -0.39 is 18.4 Å². The standard InChI is InChI=1S/C10H12N2O4/c1-2-12(6-8(14)15)10(16)9-7(13)4-3-5-11-9/h3-5,13H,2,6H2,1H3,(H,14,15). The first-order valence-corrected chi connectivity index (χ1v) is 4.71. The van der Waals surface area contributed by atoms with Crippen molar-refractivity contribution < 1.29 is 19.8 Å². The van der Waals surface area contributed by atoms with Gasteiger partial charge in [0.15, 0.2) is 5.69 Å². The summed E-state index contributed by atoms with van der Waals surface area (Å²) in [6.45, 7) is 1.48. The molecule has 0 aromatic carbocycles. The lowest BCUT2D eigenvalue weighted by atomic mass is 10.3. The molecule has 6 nitrogen and oxygen atoms in total. The molecule has 0 atom stereocenters. The van der Waals surface area contributed by atoms with Gasteiger partial charge in [-0.25, -0.2) is 4.98 Å². The molecule has 0 saturated carbocycles. The number of nitrogens with zero attached hydrogens (tertiary/aromatic N) is 2. The van der Waals surface area contributed by atoms with Crippen LogP contribution in [0.5, 0.6) is 5.75 Å². The number of hydrogen-bond donors (Lipinski definition) is 2. The van der Waals surface area contributed by atoms with Gasteiger partial charge in [0.25, 0.3) is 5.91 Å². The van der Waals surface area contributed by atoms with Crippen molar-refractivity contribution >= 4 is 11.9 Å². The molecule has 1 amide bonds. The van der Waals surface area contributed by atoms with E-state index >= 15 is 0 Å². The number of carboxylic acids is 1. The van der Waals surface area contributed by atoms with Crippen LogP contribution < -0.4 is 0 Å². The van der Waals surface area contributed by atoms with Gasteiger partial charge < -0.3 is 15.1 Å². The van der Waals surface area contributed by atoms with E-state index in [4.69, 9.17) is 5.11 Å². The Kier molecular flexibility index (Phi) is 3.82. The normalized spacial score (nSPS) is 9.81. The van der Waals surface area contributed by atoms with Crippen LogP contribution >= 0.6 is 0 Å². The van der Waals surface area contributed by atoms with E-state index in [-0.39, 0.29) is 18.0 Å². The van der Waals surface area contributed by atoms with Crippen LogP contribution in [0.1, 0.15) is 17.4 Å². The SMILES string of the molecule is CCN(CC(=O)O)C(=O)c1ncccc1O. The Morgan fingerprint density at radius 1 is 1.50 bits per heavy atom. The minimum atomic E-state index is -1.11. The Labute approximate surface area is 92.1 Å². The first-order chi connectivity index (χ1) is 7.56. The molecule has 16 heavy (non-hydrogen) atoms. The second-order valence-electron chi connectivity index (χ2n) is 3.08. The third-order valence-electron chi connectivity index (χ3n) is 1.98. The fourth-order valence-corrected chi connectivity index (χ4v) is 1.20. The highest BCUT2D eigenvalue weighted by Crippen LogP contribution is 2.14. The maximum atomic E-state index is 11.8. The Bertz CT molecular complexity index is 406. The zero-order valence-corrected chi connectivity index (χ0v) is 8.75. The average molecular weight is 224 g/mol. The van der Waals surface area contributed by atoms with Crippen molar-refractivity contribution in [3.8, 4) is 5.75 Å². The van der Waals surface area contributed by atoms with Crippen LogP contribution in [0, 0.1) is 0 Å². The first-order valence-electron chi connectivity index (χ1n) is 4.71. The summed E-state index contributed by atoms with van der Waals surface area (Å²) in [7, 11) is 0. The number of carbonyl (C=O) groups is 2. The van der Waals surface area contributed by atoms with Crippen LogP contribution in [0.2, 0.25) is 0 Å². The predicted molar refractivity (Wildman–Crippen MR) is 55.1 cm³/mol. The maximum Gasteiger partial charge on any atom is 0.323 e. The molecule has 0 radical (unpaired) electrons. The molecule has 0 aliphatic carbocycles. The average Bonchev–Trinajstić information content (AvgIpc) is 2.25. The van der Waals surface area contributed by atoms with Crippen LogP contribution in [0.25, 0.3) is 0 Å². The Morgan fingerprint density at radius 3 is 2.69 bits per heavy atom. The molecular weight excluding hydrogens is 212 g/mol. The third kappa shape index (κ3) is 2.69. The highest BCUT2D eigenvalue weighted by atomic mass is 16.4. The molecule has 0 unspecified atom stereocenters. The van der Waals surface area contributed by atoms with Crippen LogP contribution in [0.15, 0.2) is 18.3 Å². The monoisotopic (exact) mass is 224 g/mol. The summed E-state index contributed by atoms with van der Waals surface area (Å²) in [5.41, 5.74) is -0.134. The summed E-state index contributed by atoms with van der Waals surface area (Å²) < 4.78 is 0. The molecule has 6 heteroatoms.